The molecule has 0 radical (unpaired) electrons. The molecule has 13 heteroatoms. The van der Waals surface area contributed by atoms with E-state index in [2.05, 4.69) is 25.3 Å². The number of sulfone groups is 1. The molecule has 0 unspecified atom stereocenters. The van der Waals surface area contributed by atoms with Gasteiger partial charge in [0, 0.05) is 51.4 Å². The van der Waals surface area contributed by atoms with Crippen LogP contribution < -0.4 is 24.8 Å². The fraction of sp³-hybridized carbons (Fsp3) is 0.588. The van der Waals surface area contributed by atoms with E-state index in [1.807, 2.05) is 0 Å². The average molecular weight is 562 g/mol. The van der Waals surface area contributed by atoms with Crippen molar-refractivity contribution >= 4 is 39.8 Å². The number of fused-ring (bicyclic) bond motifs is 1. The summed E-state index contributed by atoms with van der Waals surface area (Å²) >= 11 is 0. The number of benzene rings is 1. The van der Waals surface area contributed by atoms with Gasteiger partial charge in [-0.15, -0.1) is 24.0 Å². The fourth-order valence-electron chi connectivity index (χ4n) is 3.02. The highest BCUT2D eigenvalue weighted by Gasteiger charge is 2.22. The molecule has 2 aliphatic rings. The Morgan fingerprint density at radius 3 is 2.53 bits per heavy atom. The van der Waals surface area contributed by atoms with Gasteiger partial charge in [-0.2, -0.15) is 8.78 Å². The van der Waals surface area contributed by atoms with Crippen LogP contribution in [0.3, 0.4) is 0 Å². The zero-order chi connectivity index (χ0) is 20.9. The molecule has 0 atom stereocenters. The third kappa shape index (κ3) is 6.97. The Morgan fingerprint density at radius 1 is 1.23 bits per heavy atom. The highest BCUT2D eigenvalue weighted by molar-refractivity contribution is 14.0. The molecular weight excluding hydrogens is 537 g/mol. The molecule has 0 aromatic heterocycles. The molecule has 170 valence electrons. The molecule has 0 spiro atoms. The molecular formula is C17H25F2IN4O5S. The van der Waals surface area contributed by atoms with Crippen molar-refractivity contribution in [1.82, 2.24) is 15.5 Å². The first kappa shape index (κ1) is 24.7. The quantitative estimate of drug-likeness (QED) is 0.289. The summed E-state index contributed by atoms with van der Waals surface area (Å²) in [6.45, 7) is -0.494. The molecule has 1 aromatic carbocycles. The van der Waals surface area contributed by atoms with Gasteiger partial charge in [0.1, 0.15) is 5.75 Å². The maximum Gasteiger partial charge on any atom is 0.387 e. The SMILES string of the molecule is CN=C(NCCN1CCS(=O)(=O)CC1)NCc1cc2c(cc1OC(F)F)OCO2.I. The van der Waals surface area contributed by atoms with E-state index in [4.69, 9.17) is 9.47 Å². The van der Waals surface area contributed by atoms with Crippen molar-refractivity contribution < 1.29 is 31.4 Å². The topological polar surface area (TPSA) is 101 Å². The Labute approximate surface area is 191 Å². The van der Waals surface area contributed by atoms with Gasteiger partial charge >= 0.3 is 6.61 Å². The molecule has 2 heterocycles. The van der Waals surface area contributed by atoms with Crippen molar-refractivity contribution in [3.05, 3.63) is 17.7 Å². The van der Waals surface area contributed by atoms with E-state index < -0.39 is 16.4 Å². The van der Waals surface area contributed by atoms with Crippen molar-refractivity contribution in [3.63, 3.8) is 0 Å². The third-order valence-electron chi connectivity index (χ3n) is 4.60. The minimum atomic E-state index is -2.96. The Bertz CT molecular complexity index is 843. The van der Waals surface area contributed by atoms with Crippen LogP contribution in [0.2, 0.25) is 0 Å². The lowest BCUT2D eigenvalue weighted by Gasteiger charge is -2.26. The molecule has 1 fully saturated rings. The molecule has 0 bridgehead atoms. The third-order valence-corrected chi connectivity index (χ3v) is 6.21. The number of ether oxygens (including phenoxy) is 3. The second kappa shape index (κ2) is 11.1. The second-order valence-electron chi connectivity index (χ2n) is 6.54. The van der Waals surface area contributed by atoms with Gasteiger partial charge < -0.3 is 24.8 Å². The minimum absolute atomic E-state index is 0. The molecule has 0 saturated carbocycles. The summed E-state index contributed by atoms with van der Waals surface area (Å²) in [5.74, 6) is 1.66. The van der Waals surface area contributed by atoms with Crippen LogP contribution >= 0.6 is 24.0 Å². The van der Waals surface area contributed by atoms with E-state index in [-0.39, 0.29) is 54.6 Å². The Hall–Kier alpha value is -1.61. The average Bonchev–Trinajstić information content (AvgIpc) is 3.12. The van der Waals surface area contributed by atoms with Crippen molar-refractivity contribution in [3.8, 4) is 17.2 Å². The van der Waals surface area contributed by atoms with E-state index in [1.54, 1.807) is 13.1 Å². The van der Waals surface area contributed by atoms with Crippen LogP contribution in [0, 0.1) is 0 Å². The molecule has 2 aliphatic heterocycles. The molecule has 9 nitrogen and oxygen atoms in total. The smallest absolute Gasteiger partial charge is 0.387 e. The van der Waals surface area contributed by atoms with Gasteiger partial charge in [-0.1, -0.05) is 0 Å². The maximum atomic E-state index is 12.7. The lowest BCUT2D eigenvalue weighted by Crippen LogP contribution is -2.45. The van der Waals surface area contributed by atoms with Gasteiger partial charge in [0.15, 0.2) is 27.3 Å². The summed E-state index contributed by atoms with van der Waals surface area (Å²) in [5.41, 5.74) is 0.471. The minimum Gasteiger partial charge on any atom is -0.454 e. The van der Waals surface area contributed by atoms with Gasteiger partial charge in [-0.05, 0) is 6.07 Å². The summed E-state index contributed by atoms with van der Waals surface area (Å²) in [4.78, 5) is 6.17. The van der Waals surface area contributed by atoms with Gasteiger partial charge in [-0.3, -0.25) is 9.89 Å². The number of aliphatic imine (C=N–C) groups is 1. The predicted molar refractivity (Wildman–Crippen MR) is 118 cm³/mol. The van der Waals surface area contributed by atoms with Crippen molar-refractivity contribution in [1.29, 1.82) is 0 Å². The van der Waals surface area contributed by atoms with Crippen LogP contribution in [-0.4, -0.2) is 77.4 Å². The summed E-state index contributed by atoms with van der Waals surface area (Å²) in [5, 5.41) is 6.17. The molecule has 1 saturated heterocycles. The fourth-order valence-corrected chi connectivity index (χ4v) is 4.29. The first-order chi connectivity index (χ1) is 13.9. The van der Waals surface area contributed by atoms with Gasteiger partial charge in [0.05, 0.1) is 11.5 Å². The lowest BCUT2D eigenvalue weighted by atomic mass is 10.1. The van der Waals surface area contributed by atoms with Crippen molar-refractivity contribution in [2.24, 2.45) is 4.99 Å². The Balaban J connectivity index is 0.00000320. The van der Waals surface area contributed by atoms with Crippen LogP contribution in [0.1, 0.15) is 5.56 Å². The standard InChI is InChI=1S/C17H24F2N4O5S.HI/c1-20-17(21-2-3-23-4-6-29(24,25)7-5-23)22-10-12-8-14-15(27-11-26-14)9-13(12)28-16(18)19;/h8-9,16H,2-7,10-11H2,1H3,(H2,20,21,22);1H. The van der Waals surface area contributed by atoms with E-state index >= 15 is 0 Å². The summed E-state index contributed by atoms with van der Waals surface area (Å²) in [6, 6.07) is 2.97. The van der Waals surface area contributed by atoms with E-state index in [0.29, 0.717) is 49.2 Å². The van der Waals surface area contributed by atoms with Crippen LogP contribution in [0.25, 0.3) is 0 Å². The molecule has 2 N–H and O–H groups in total. The molecule has 1 aromatic rings. The molecule has 0 amide bonds. The first-order valence-electron chi connectivity index (χ1n) is 9.11. The van der Waals surface area contributed by atoms with E-state index in [1.165, 1.54) is 6.07 Å². The van der Waals surface area contributed by atoms with Gasteiger partial charge in [0.2, 0.25) is 6.79 Å². The molecule has 3 rings (SSSR count). The van der Waals surface area contributed by atoms with E-state index in [9.17, 15) is 17.2 Å². The normalized spacial score (nSPS) is 18.1. The summed E-state index contributed by atoms with van der Waals surface area (Å²) in [6.07, 6.45) is 0. The number of guanidine groups is 1. The molecule has 30 heavy (non-hydrogen) atoms. The second-order valence-corrected chi connectivity index (χ2v) is 8.84. The summed E-state index contributed by atoms with van der Waals surface area (Å²) < 4.78 is 63.4. The number of rotatable bonds is 7. The van der Waals surface area contributed by atoms with Crippen molar-refractivity contribution in [2.75, 3.05) is 51.5 Å². The largest absolute Gasteiger partial charge is 0.454 e. The number of hydrogen-bond donors (Lipinski definition) is 2. The molecule has 0 aliphatic carbocycles. The van der Waals surface area contributed by atoms with Crippen LogP contribution in [0.5, 0.6) is 17.2 Å². The van der Waals surface area contributed by atoms with Gasteiger partial charge in [-0.25, -0.2) is 8.42 Å². The van der Waals surface area contributed by atoms with Crippen LogP contribution in [0.4, 0.5) is 8.78 Å². The Kier molecular flexibility index (Phi) is 9.15. The highest BCUT2D eigenvalue weighted by Crippen LogP contribution is 2.38. The van der Waals surface area contributed by atoms with E-state index in [0.717, 1.165) is 0 Å². The van der Waals surface area contributed by atoms with Gasteiger partial charge in [0.25, 0.3) is 0 Å². The first-order valence-corrected chi connectivity index (χ1v) is 10.9. The Morgan fingerprint density at radius 2 is 1.90 bits per heavy atom. The zero-order valence-electron chi connectivity index (χ0n) is 16.4. The number of alkyl halides is 2. The lowest BCUT2D eigenvalue weighted by molar-refractivity contribution is -0.0505. The van der Waals surface area contributed by atoms with Crippen molar-refractivity contribution in [2.45, 2.75) is 13.2 Å². The number of nitrogens with zero attached hydrogens (tertiary/aromatic N) is 2. The highest BCUT2D eigenvalue weighted by atomic mass is 127. The maximum absolute atomic E-state index is 12.7. The summed E-state index contributed by atoms with van der Waals surface area (Å²) in [7, 11) is -1.30. The predicted octanol–water partition coefficient (Wildman–Crippen LogP) is 1.03. The van der Waals surface area contributed by atoms with Crippen LogP contribution in [0.15, 0.2) is 17.1 Å². The van der Waals surface area contributed by atoms with Crippen LogP contribution in [-0.2, 0) is 16.4 Å². The number of hydrogen-bond acceptors (Lipinski definition) is 7. The number of nitrogens with one attached hydrogen (secondary N) is 2. The number of halogens is 3. The monoisotopic (exact) mass is 562 g/mol. The zero-order valence-corrected chi connectivity index (χ0v) is 19.5.